The zero-order chi connectivity index (χ0) is 19.6. The maximum atomic E-state index is 13.0. The summed E-state index contributed by atoms with van der Waals surface area (Å²) in [6.45, 7) is 7.50. The molecule has 1 aliphatic heterocycles. The molecule has 27 heavy (non-hydrogen) atoms. The van der Waals surface area contributed by atoms with Crippen molar-refractivity contribution in [2.45, 2.75) is 33.1 Å². The standard InChI is InChI=1S/C21H28N4O2/c1-14-5-6-15(2)17(7-14)8-21(27)25-11-18(9-23-16(3)26)19(12-25)20-10-22-13-24(20)4/h5-7,10,13,18-19H,8-9,11-12H2,1-4H3,(H,23,26)/t18-,19-/m1/s1. The summed E-state index contributed by atoms with van der Waals surface area (Å²) in [5.41, 5.74) is 4.50. The highest BCUT2D eigenvalue weighted by Gasteiger charge is 2.37. The zero-order valence-corrected chi connectivity index (χ0v) is 16.5. The van der Waals surface area contributed by atoms with Crippen LogP contribution < -0.4 is 5.32 Å². The molecule has 0 saturated carbocycles. The van der Waals surface area contributed by atoms with Crippen molar-refractivity contribution in [3.8, 4) is 0 Å². The Hall–Kier alpha value is -2.63. The molecule has 1 aromatic carbocycles. The molecule has 3 rings (SSSR count). The molecule has 1 aliphatic rings. The summed E-state index contributed by atoms with van der Waals surface area (Å²) in [5.74, 6) is 0.457. The van der Waals surface area contributed by atoms with E-state index in [9.17, 15) is 9.59 Å². The minimum absolute atomic E-state index is 0.0427. The van der Waals surface area contributed by atoms with E-state index < -0.39 is 0 Å². The minimum Gasteiger partial charge on any atom is -0.356 e. The predicted octanol–water partition coefficient (Wildman–Crippen LogP) is 1.96. The summed E-state index contributed by atoms with van der Waals surface area (Å²) < 4.78 is 2.00. The van der Waals surface area contributed by atoms with Gasteiger partial charge in [0.2, 0.25) is 11.8 Å². The minimum atomic E-state index is -0.0427. The summed E-state index contributed by atoms with van der Waals surface area (Å²) in [4.78, 5) is 30.5. The molecular formula is C21H28N4O2. The lowest BCUT2D eigenvalue weighted by Gasteiger charge is -2.18. The Morgan fingerprint density at radius 1 is 1.26 bits per heavy atom. The molecule has 1 aromatic heterocycles. The Morgan fingerprint density at radius 3 is 2.70 bits per heavy atom. The molecule has 0 radical (unpaired) electrons. The number of likely N-dealkylation sites (tertiary alicyclic amines) is 1. The third-order valence-corrected chi connectivity index (χ3v) is 5.49. The van der Waals surface area contributed by atoms with Gasteiger partial charge in [0, 0.05) is 57.3 Å². The maximum Gasteiger partial charge on any atom is 0.227 e. The number of benzene rings is 1. The number of aryl methyl sites for hydroxylation is 3. The van der Waals surface area contributed by atoms with Crippen molar-refractivity contribution in [1.82, 2.24) is 19.8 Å². The van der Waals surface area contributed by atoms with E-state index in [0.29, 0.717) is 26.1 Å². The van der Waals surface area contributed by atoms with E-state index in [1.165, 1.54) is 12.5 Å². The number of carbonyl (C=O) groups is 2. The third-order valence-electron chi connectivity index (χ3n) is 5.49. The van der Waals surface area contributed by atoms with Crippen molar-refractivity contribution in [3.05, 3.63) is 53.1 Å². The molecule has 6 heteroatoms. The van der Waals surface area contributed by atoms with E-state index in [2.05, 4.69) is 28.5 Å². The summed E-state index contributed by atoms with van der Waals surface area (Å²) in [7, 11) is 1.97. The first-order valence-corrected chi connectivity index (χ1v) is 9.39. The van der Waals surface area contributed by atoms with Crippen molar-refractivity contribution in [2.75, 3.05) is 19.6 Å². The molecule has 6 nitrogen and oxygen atoms in total. The van der Waals surface area contributed by atoms with E-state index in [1.54, 1.807) is 6.33 Å². The van der Waals surface area contributed by atoms with Crippen molar-refractivity contribution in [1.29, 1.82) is 0 Å². The molecule has 1 fully saturated rings. The average molecular weight is 368 g/mol. The lowest BCUT2D eigenvalue weighted by Crippen LogP contribution is -2.33. The van der Waals surface area contributed by atoms with Gasteiger partial charge in [0.1, 0.15) is 0 Å². The number of aromatic nitrogens is 2. The van der Waals surface area contributed by atoms with Crippen LogP contribution in [0.5, 0.6) is 0 Å². The third kappa shape index (κ3) is 4.38. The smallest absolute Gasteiger partial charge is 0.227 e. The lowest BCUT2D eigenvalue weighted by atomic mass is 9.93. The predicted molar refractivity (Wildman–Crippen MR) is 104 cm³/mol. The number of nitrogens with zero attached hydrogens (tertiary/aromatic N) is 3. The highest BCUT2D eigenvalue weighted by molar-refractivity contribution is 5.79. The van der Waals surface area contributed by atoms with Gasteiger partial charge in [0.25, 0.3) is 0 Å². The van der Waals surface area contributed by atoms with Crippen molar-refractivity contribution in [2.24, 2.45) is 13.0 Å². The molecule has 2 atom stereocenters. The van der Waals surface area contributed by atoms with Gasteiger partial charge in [-0.3, -0.25) is 9.59 Å². The molecule has 144 valence electrons. The fraction of sp³-hybridized carbons (Fsp3) is 0.476. The molecule has 0 bridgehead atoms. The van der Waals surface area contributed by atoms with Crippen LogP contribution in [0, 0.1) is 19.8 Å². The number of imidazole rings is 1. The van der Waals surface area contributed by atoms with Crippen LogP contribution in [0.3, 0.4) is 0 Å². The van der Waals surface area contributed by atoms with Gasteiger partial charge in [-0.15, -0.1) is 0 Å². The molecule has 1 N–H and O–H groups in total. The summed E-state index contributed by atoms with van der Waals surface area (Å²) in [6, 6.07) is 6.23. The Labute approximate surface area is 160 Å². The topological polar surface area (TPSA) is 67.2 Å². The van der Waals surface area contributed by atoms with Crippen LogP contribution >= 0.6 is 0 Å². The number of amides is 2. The largest absolute Gasteiger partial charge is 0.356 e. The number of hydrogen-bond acceptors (Lipinski definition) is 3. The number of carbonyl (C=O) groups excluding carboxylic acids is 2. The maximum absolute atomic E-state index is 13.0. The van der Waals surface area contributed by atoms with Crippen LogP contribution in [0.2, 0.25) is 0 Å². The lowest BCUT2D eigenvalue weighted by molar-refractivity contribution is -0.129. The van der Waals surface area contributed by atoms with Gasteiger partial charge in [0.05, 0.1) is 12.7 Å². The first-order chi connectivity index (χ1) is 12.8. The van der Waals surface area contributed by atoms with Gasteiger partial charge in [-0.05, 0) is 25.0 Å². The summed E-state index contributed by atoms with van der Waals surface area (Å²) in [6.07, 6.45) is 4.06. The van der Waals surface area contributed by atoms with E-state index in [-0.39, 0.29) is 23.7 Å². The van der Waals surface area contributed by atoms with E-state index >= 15 is 0 Å². The Bertz CT molecular complexity index is 842. The number of nitrogens with one attached hydrogen (secondary N) is 1. The second kappa shape index (κ2) is 7.94. The van der Waals surface area contributed by atoms with Crippen LogP contribution in [0.25, 0.3) is 0 Å². The SMILES string of the molecule is CC(=O)NC[C@@H]1CN(C(=O)Cc2cc(C)ccc2C)C[C@H]1c1cncn1C. The second-order valence-electron chi connectivity index (χ2n) is 7.64. The van der Waals surface area contributed by atoms with Gasteiger partial charge in [0.15, 0.2) is 0 Å². The quantitative estimate of drug-likeness (QED) is 0.877. The van der Waals surface area contributed by atoms with E-state index in [1.807, 2.05) is 36.6 Å². The van der Waals surface area contributed by atoms with Gasteiger partial charge < -0.3 is 14.8 Å². The fourth-order valence-electron chi connectivity index (χ4n) is 3.88. The second-order valence-corrected chi connectivity index (χ2v) is 7.64. The molecule has 1 saturated heterocycles. The molecule has 2 heterocycles. The van der Waals surface area contributed by atoms with Crippen molar-refractivity contribution < 1.29 is 9.59 Å². The van der Waals surface area contributed by atoms with Gasteiger partial charge >= 0.3 is 0 Å². The van der Waals surface area contributed by atoms with Crippen molar-refractivity contribution >= 4 is 11.8 Å². The molecule has 2 amide bonds. The fourth-order valence-corrected chi connectivity index (χ4v) is 3.88. The first-order valence-electron chi connectivity index (χ1n) is 9.39. The summed E-state index contributed by atoms with van der Waals surface area (Å²) in [5, 5.41) is 2.92. The van der Waals surface area contributed by atoms with Gasteiger partial charge in [-0.25, -0.2) is 4.98 Å². The van der Waals surface area contributed by atoms with Crippen LogP contribution in [0.15, 0.2) is 30.7 Å². The average Bonchev–Trinajstić information content (AvgIpc) is 3.22. The Kier molecular flexibility index (Phi) is 5.63. The van der Waals surface area contributed by atoms with Crippen molar-refractivity contribution in [3.63, 3.8) is 0 Å². The van der Waals surface area contributed by atoms with Crippen LogP contribution in [0.1, 0.15) is 35.2 Å². The van der Waals surface area contributed by atoms with Crippen LogP contribution in [-0.4, -0.2) is 45.9 Å². The van der Waals surface area contributed by atoms with Gasteiger partial charge in [-0.2, -0.15) is 0 Å². The Balaban J connectivity index is 1.76. The molecular weight excluding hydrogens is 340 g/mol. The number of hydrogen-bond donors (Lipinski definition) is 1. The highest BCUT2D eigenvalue weighted by atomic mass is 16.2. The normalized spacial score (nSPS) is 19.3. The van der Waals surface area contributed by atoms with Crippen LogP contribution in [-0.2, 0) is 23.1 Å². The van der Waals surface area contributed by atoms with E-state index in [4.69, 9.17) is 0 Å². The zero-order valence-electron chi connectivity index (χ0n) is 16.5. The first kappa shape index (κ1) is 19.1. The highest BCUT2D eigenvalue weighted by Crippen LogP contribution is 2.32. The molecule has 2 aromatic rings. The molecule has 0 unspecified atom stereocenters. The monoisotopic (exact) mass is 368 g/mol. The molecule has 0 spiro atoms. The number of rotatable bonds is 5. The molecule has 0 aliphatic carbocycles. The van der Waals surface area contributed by atoms with E-state index in [0.717, 1.165) is 16.8 Å². The summed E-state index contributed by atoms with van der Waals surface area (Å²) >= 11 is 0. The van der Waals surface area contributed by atoms with Gasteiger partial charge in [-0.1, -0.05) is 23.8 Å². The van der Waals surface area contributed by atoms with Crippen LogP contribution in [0.4, 0.5) is 0 Å². The Morgan fingerprint density at radius 2 is 2.04 bits per heavy atom.